The quantitative estimate of drug-likeness (QED) is 0.732. The van der Waals surface area contributed by atoms with Crippen molar-refractivity contribution in [2.75, 3.05) is 6.61 Å². The monoisotopic (exact) mass is 191 g/mol. The van der Waals surface area contributed by atoms with Gasteiger partial charge in [0, 0.05) is 18.2 Å². The molecule has 0 saturated heterocycles. The van der Waals surface area contributed by atoms with Crippen LogP contribution < -0.4 is 4.74 Å². The van der Waals surface area contributed by atoms with E-state index in [0.717, 1.165) is 24.5 Å². The lowest BCUT2D eigenvalue weighted by Crippen LogP contribution is -1.97. The molecule has 2 heterocycles. The molecule has 0 aromatic carbocycles. The van der Waals surface area contributed by atoms with E-state index in [2.05, 4.69) is 24.9 Å². The summed E-state index contributed by atoms with van der Waals surface area (Å²) in [6.45, 7) is 5.29. The lowest BCUT2D eigenvalue weighted by atomic mass is 9.96. The molecule has 2 heteroatoms. The second-order valence-electron chi connectivity index (χ2n) is 3.96. The van der Waals surface area contributed by atoms with Crippen molar-refractivity contribution in [2.24, 2.45) is 0 Å². The second-order valence-corrected chi connectivity index (χ2v) is 3.96. The van der Waals surface area contributed by atoms with E-state index < -0.39 is 0 Å². The van der Waals surface area contributed by atoms with Crippen molar-refractivity contribution in [2.45, 2.75) is 39.0 Å². The van der Waals surface area contributed by atoms with Gasteiger partial charge in [0.15, 0.2) is 0 Å². The Bertz CT molecular complexity index is 322. The van der Waals surface area contributed by atoms with Crippen molar-refractivity contribution in [1.82, 2.24) is 4.98 Å². The van der Waals surface area contributed by atoms with Crippen LogP contribution in [0.15, 0.2) is 12.3 Å². The third-order valence-corrected chi connectivity index (χ3v) is 2.85. The zero-order chi connectivity index (χ0) is 9.97. The molecule has 1 aromatic heterocycles. The molecule has 1 aliphatic rings. The first kappa shape index (κ1) is 9.50. The van der Waals surface area contributed by atoms with Crippen LogP contribution >= 0.6 is 0 Å². The summed E-state index contributed by atoms with van der Waals surface area (Å²) in [5.41, 5.74) is 2.49. The Hall–Kier alpha value is -1.05. The van der Waals surface area contributed by atoms with Crippen molar-refractivity contribution in [3.05, 3.63) is 23.5 Å². The maximum Gasteiger partial charge on any atom is 0.144 e. The molecule has 14 heavy (non-hydrogen) atoms. The molecule has 2 nitrogen and oxygen atoms in total. The van der Waals surface area contributed by atoms with Crippen LogP contribution in [0, 0.1) is 0 Å². The molecule has 1 atom stereocenters. The number of rotatable bonds is 3. The fraction of sp³-hybridized carbons (Fsp3) is 0.583. The summed E-state index contributed by atoms with van der Waals surface area (Å²) in [4.78, 5) is 4.34. The zero-order valence-electron chi connectivity index (χ0n) is 8.92. The van der Waals surface area contributed by atoms with E-state index in [-0.39, 0.29) is 0 Å². The van der Waals surface area contributed by atoms with Crippen LogP contribution in [0.2, 0.25) is 0 Å². The molecule has 76 valence electrons. The smallest absolute Gasteiger partial charge is 0.144 e. The van der Waals surface area contributed by atoms with E-state index in [9.17, 15) is 0 Å². The number of hydrogen-bond acceptors (Lipinski definition) is 2. The van der Waals surface area contributed by atoms with Crippen LogP contribution in [0.3, 0.4) is 0 Å². The fourth-order valence-electron chi connectivity index (χ4n) is 2.08. The Morgan fingerprint density at radius 1 is 1.57 bits per heavy atom. The predicted molar refractivity (Wildman–Crippen MR) is 56.8 cm³/mol. The van der Waals surface area contributed by atoms with Gasteiger partial charge in [-0.25, -0.2) is 0 Å². The topological polar surface area (TPSA) is 22.1 Å². The van der Waals surface area contributed by atoms with Gasteiger partial charge in [-0.05, 0) is 18.4 Å². The zero-order valence-corrected chi connectivity index (χ0v) is 8.92. The summed E-state index contributed by atoms with van der Waals surface area (Å²) in [6, 6.07) is 2.10. The first-order valence-electron chi connectivity index (χ1n) is 5.43. The number of fused-ring (bicyclic) bond motifs is 1. The molecular weight excluding hydrogens is 174 g/mol. The Balaban J connectivity index is 2.29. The minimum absolute atomic E-state index is 0.592. The summed E-state index contributed by atoms with van der Waals surface area (Å²) in [7, 11) is 0. The highest BCUT2D eigenvalue weighted by Crippen LogP contribution is 2.34. The molecule has 0 amide bonds. The maximum atomic E-state index is 5.63. The Morgan fingerprint density at radius 3 is 3.21 bits per heavy atom. The van der Waals surface area contributed by atoms with Crippen LogP contribution in [-0.2, 0) is 6.42 Å². The van der Waals surface area contributed by atoms with Gasteiger partial charge in [-0.1, -0.05) is 20.3 Å². The Morgan fingerprint density at radius 2 is 2.43 bits per heavy atom. The average Bonchev–Trinajstić information content (AvgIpc) is 2.65. The first-order valence-corrected chi connectivity index (χ1v) is 5.43. The molecular formula is C12H17NO. The molecule has 0 aliphatic carbocycles. The summed E-state index contributed by atoms with van der Waals surface area (Å²) < 4.78 is 5.63. The highest BCUT2D eigenvalue weighted by Gasteiger charge is 2.19. The number of nitrogens with zero attached hydrogens (tertiary/aromatic N) is 1. The normalized spacial score (nSPS) is 16.1. The lowest BCUT2D eigenvalue weighted by molar-refractivity contribution is 0.351. The van der Waals surface area contributed by atoms with Crippen LogP contribution in [0.4, 0.5) is 0 Å². The third-order valence-electron chi connectivity index (χ3n) is 2.85. The maximum absolute atomic E-state index is 5.63. The van der Waals surface area contributed by atoms with Crippen LogP contribution in [0.1, 0.15) is 43.9 Å². The van der Waals surface area contributed by atoms with Crippen molar-refractivity contribution in [1.29, 1.82) is 0 Å². The largest absolute Gasteiger partial charge is 0.491 e. The standard InChI is InChI=1S/C12H17NO/c1-3-4-9(2)10-5-7-13-11-6-8-14-12(10)11/h5,7,9H,3-4,6,8H2,1-2H3. The van der Waals surface area contributed by atoms with Gasteiger partial charge in [-0.2, -0.15) is 0 Å². The van der Waals surface area contributed by atoms with Gasteiger partial charge < -0.3 is 4.74 Å². The number of ether oxygens (including phenoxy) is 1. The third kappa shape index (κ3) is 1.61. The molecule has 2 rings (SSSR count). The van der Waals surface area contributed by atoms with E-state index in [1.807, 2.05) is 6.20 Å². The average molecular weight is 191 g/mol. The molecule has 0 bridgehead atoms. The molecule has 0 radical (unpaired) electrons. The van der Waals surface area contributed by atoms with E-state index in [4.69, 9.17) is 4.74 Å². The number of aromatic nitrogens is 1. The van der Waals surface area contributed by atoms with Gasteiger partial charge in [0.2, 0.25) is 0 Å². The second kappa shape index (κ2) is 3.99. The van der Waals surface area contributed by atoms with Gasteiger partial charge in [-0.15, -0.1) is 0 Å². The van der Waals surface area contributed by atoms with Gasteiger partial charge in [0.1, 0.15) is 5.75 Å². The van der Waals surface area contributed by atoms with Crippen molar-refractivity contribution < 1.29 is 4.74 Å². The van der Waals surface area contributed by atoms with E-state index in [1.54, 1.807) is 0 Å². The molecule has 1 unspecified atom stereocenters. The summed E-state index contributed by atoms with van der Waals surface area (Å²) in [6.07, 6.45) is 5.33. The first-order chi connectivity index (χ1) is 6.83. The molecule has 0 fully saturated rings. The van der Waals surface area contributed by atoms with E-state index in [0.29, 0.717) is 5.92 Å². The highest BCUT2D eigenvalue weighted by molar-refractivity contribution is 5.41. The van der Waals surface area contributed by atoms with Gasteiger partial charge in [0.25, 0.3) is 0 Å². The summed E-state index contributed by atoms with van der Waals surface area (Å²) in [5.74, 6) is 1.66. The molecule has 1 aromatic rings. The number of hydrogen-bond donors (Lipinski definition) is 0. The minimum atomic E-state index is 0.592. The van der Waals surface area contributed by atoms with Gasteiger partial charge in [-0.3, -0.25) is 4.98 Å². The molecule has 0 saturated carbocycles. The summed E-state index contributed by atoms with van der Waals surface area (Å²) >= 11 is 0. The lowest BCUT2D eigenvalue weighted by Gasteiger charge is -2.13. The summed E-state index contributed by atoms with van der Waals surface area (Å²) in [5, 5.41) is 0. The van der Waals surface area contributed by atoms with Crippen molar-refractivity contribution in [3.8, 4) is 5.75 Å². The Kier molecular flexibility index (Phi) is 2.71. The van der Waals surface area contributed by atoms with Crippen molar-refractivity contribution in [3.63, 3.8) is 0 Å². The van der Waals surface area contributed by atoms with Gasteiger partial charge >= 0.3 is 0 Å². The van der Waals surface area contributed by atoms with Gasteiger partial charge in [0.05, 0.1) is 12.3 Å². The highest BCUT2D eigenvalue weighted by atomic mass is 16.5. The molecule has 0 N–H and O–H groups in total. The van der Waals surface area contributed by atoms with Crippen LogP contribution in [-0.4, -0.2) is 11.6 Å². The SMILES string of the molecule is CCCC(C)c1ccnc2c1OCC2. The van der Waals surface area contributed by atoms with E-state index >= 15 is 0 Å². The van der Waals surface area contributed by atoms with Crippen LogP contribution in [0.5, 0.6) is 5.75 Å². The van der Waals surface area contributed by atoms with Crippen LogP contribution in [0.25, 0.3) is 0 Å². The molecule has 0 spiro atoms. The molecule has 1 aliphatic heterocycles. The number of pyridine rings is 1. The predicted octanol–water partition coefficient (Wildman–Crippen LogP) is 2.92. The van der Waals surface area contributed by atoms with E-state index in [1.165, 1.54) is 18.4 Å². The minimum Gasteiger partial charge on any atom is -0.491 e. The fourth-order valence-corrected chi connectivity index (χ4v) is 2.08. The van der Waals surface area contributed by atoms with Crippen molar-refractivity contribution >= 4 is 0 Å². The Labute approximate surface area is 85.3 Å².